The largest absolute Gasteiger partial charge is 0.478 e. The van der Waals surface area contributed by atoms with Gasteiger partial charge < -0.3 is 9.84 Å². The Balaban J connectivity index is 3.22. The van der Waals surface area contributed by atoms with Crippen LogP contribution in [-0.4, -0.2) is 24.2 Å². The van der Waals surface area contributed by atoms with Crippen molar-refractivity contribution in [3.05, 3.63) is 12.2 Å². The summed E-state index contributed by atoms with van der Waals surface area (Å²) in [6, 6.07) is 0. The summed E-state index contributed by atoms with van der Waals surface area (Å²) in [5.74, 6) is -1.11. The van der Waals surface area contributed by atoms with E-state index in [1.807, 2.05) is 0 Å². The number of unbranched alkanes of at least 4 members (excludes halogenated alkanes) is 3. The van der Waals surface area contributed by atoms with Crippen molar-refractivity contribution in [1.29, 1.82) is 0 Å². The van der Waals surface area contributed by atoms with Gasteiger partial charge in [0.15, 0.2) is 0 Å². The second-order valence-corrected chi connectivity index (χ2v) is 2.92. The molecule has 0 atom stereocenters. The molecule has 0 aromatic carbocycles. The monoisotopic (exact) mass is 200 g/mol. The molecule has 0 aromatic rings. The predicted molar refractivity (Wildman–Crippen MR) is 51.9 cm³/mol. The van der Waals surface area contributed by atoms with Crippen LogP contribution < -0.4 is 0 Å². The lowest BCUT2D eigenvalue weighted by atomic mass is 10.1. The number of allylic oxidation sites excluding steroid dienone is 1. The van der Waals surface area contributed by atoms with E-state index in [1.54, 1.807) is 6.08 Å². The molecule has 0 aliphatic heterocycles. The highest BCUT2D eigenvalue weighted by Gasteiger charge is 1.98. The molecule has 0 spiro atoms. The molecule has 0 rings (SSSR count). The van der Waals surface area contributed by atoms with Crippen LogP contribution in [0.1, 0.15) is 32.1 Å². The number of hydrogen-bond acceptors (Lipinski definition) is 3. The van der Waals surface area contributed by atoms with Crippen LogP contribution in [0, 0.1) is 0 Å². The molecule has 4 nitrogen and oxygen atoms in total. The van der Waals surface area contributed by atoms with E-state index in [9.17, 15) is 9.59 Å². The van der Waals surface area contributed by atoms with E-state index >= 15 is 0 Å². The Morgan fingerprint density at radius 2 is 2.00 bits per heavy atom. The number of rotatable bonds is 7. The number of carbonyl (C=O) groups is 2. The fourth-order valence-corrected chi connectivity index (χ4v) is 0.995. The lowest BCUT2D eigenvalue weighted by molar-refractivity contribution is -0.140. The SMILES string of the molecule is COC(=O)CCCCC/C=C/C(=O)O. The number of carbonyl (C=O) groups excluding carboxylic acids is 1. The summed E-state index contributed by atoms with van der Waals surface area (Å²) < 4.78 is 4.48. The lowest BCUT2D eigenvalue weighted by Crippen LogP contribution is -1.98. The normalized spacial score (nSPS) is 10.4. The fraction of sp³-hybridized carbons (Fsp3) is 0.600. The van der Waals surface area contributed by atoms with Gasteiger partial charge in [0.25, 0.3) is 0 Å². The van der Waals surface area contributed by atoms with E-state index in [4.69, 9.17) is 5.11 Å². The van der Waals surface area contributed by atoms with Crippen molar-refractivity contribution in [3.8, 4) is 0 Å². The van der Waals surface area contributed by atoms with Crippen molar-refractivity contribution < 1.29 is 19.4 Å². The highest BCUT2D eigenvalue weighted by Crippen LogP contribution is 2.04. The van der Waals surface area contributed by atoms with Gasteiger partial charge >= 0.3 is 11.9 Å². The minimum Gasteiger partial charge on any atom is -0.478 e. The summed E-state index contributed by atoms with van der Waals surface area (Å²) in [6.07, 6.45) is 6.57. The molecule has 0 bridgehead atoms. The molecule has 14 heavy (non-hydrogen) atoms. The van der Waals surface area contributed by atoms with Gasteiger partial charge in [-0.2, -0.15) is 0 Å². The van der Waals surface area contributed by atoms with Crippen LogP contribution in [0.25, 0.3) is 0 Å². The lowest BCUT2D eigenvalue weighted by Gasteiger charge is -1.97. The molecular formula is C10H16O4. The molecular weight excluding hydrogens is 184 g/mol. The third-order valence-corrected chi connectivity index (χ3v) is 1.74. The van der Waals surface area contributed by atoms with Crippen LogP contribution in [0.4, 0.5) is 0 Å². The van der Waals surface area contributed by atoms with Crippen LogP contribution in [0.3, 0.4) is 0 Å². The molecule has 0 radical (unpaired) electrons. The van der Waals surface area contributed by atoms with E-state index in [2.05, 4.69) is 4.74 Å². The van der Waals surface area contributed by atoms with Crippen LogP contribution in [0.15, 0.2) is 12.2 Å². The van der Waals surface area contributed by atoms with Gasteiger partial charge in [0, 0.05) is 12.5 Å². The van der Waals surface area contributed by atoms with Crippen molar-refractivity contribution in [2.45, 2.75) is 32.1 Å². The number of esters is 1. The topological polar surface area (TPSA) is 63.6 Å². The zero-order chi connectivity index (χ0) is 10.8. The smallest absolute Gasteiger partial charge is 0.327 e. The van der Waals surface area contributed by atoms with Crippen molar-refractivity contribution >= 4 is 11.9 Å². The molecule has 1 N–H and O–H groups in total. The van der Waals surface area contributed by atoms with Gasteiger partial charge in [-0.25, -0.2) is 4.79 Å². The fourth-order valence-electron chi connectivity index (χ4n) is 0.995. The Bertz CT molecular complexity index is 208. The summed E-state index contributed by atoms with van der Waals surface area (Å²) >= 11 is 0. The van der Waals surface area contributed by atoms with E-state index in [1.165, 1.54) is 7.11 Å². The van der Waals surface area contributed by atoms with Gasteiger partial charge in [-0.1, -0.05) is 12.5 Å². The maximum absolute atomic E-state index is 10.7. The predicted octanol–water partition coefficient (Wildman–Crippen LogP) is 1.75. The average Bonchev–Trinajstić information content (AvgIpc) is 2.15. The molecule has 0 saturated heterocycles. The molecule has 0 amide bonds. The molecule has 80 valence electrons. The van der Waals surface area contributed by atoms with Gasteiger partial charge in [0.1, 0.15) is 0 Å². The summed E-state index contributed by atoms with van der Waals surface area (Å²) in [7, 11) is 1.37. The van der Waals surface area contributed by atoms with Crippen molar-refractivity contribution in [2.75, 3.05) is 7.11 Å². The van der Waals surface area contributed by atoms with Crippen molar-refractivity contribution in [1.82, 2.24) is 0 Å². The van der Waals surface area contributed by atoms with Crippen LogP contribution in [-0.2, 0) is 14.3 Å². The maximum atomic E-state index is 10.7. The van der Waals surface area contributed by atoms with Gasteiger partial charge in [-0.05, 0) is 19.3 Å². The van der Waals surface area contributed by atoms with Crippen molar-refractivity contribution in [3.63, 3.8) is 0 Å². The van der Waals surface area contributed by atoms with Gasteiger partial charge in [0.2, 0.25) is 0 Å². The van der Waals surface area contributed by atoms with E-state index in [0.717, 1.165) is 31.8 Å². The van der Waals surface area contributed by atoms with Crippen LogP contribution in [0.5, 0.6) is 0 Å². The highest BCUT2D eigenvalue weighted by atomic mass is 16.5. The molecule has 0 aliphatic rings. The molecule has 4 heteroatoms. The van der Waals surface area contributed by atoms with Crippen LogP contribution >= 0.6 is 0 Å². The van der Waals surface area contributed by atoms with E-state index in [-0.39, 0.29) is 5.97 Å². The molecule has 0 saturated carbocycles. The van der Waals surface area contributed by atoms with Crippen LogP contribution in [0.2, 0.25) is 0 Å². The molecule has 0 unspecified atom stereocenters. The molecule has 0 aliphatic carbocycles. The minimum atomic E-state index is -0.917. The number of methoxy groups -OCH3 is 1. The van der Waals surface area contributed by atoms with E-state index in [0.29, 0.717) is 6.42 Å². The Hall–Kier alpha value is -1.32. The first kappa shape index (κ1) is 12.7. The third kappa shape index (κ3) is 8.77. The minimum absolute atomic E-state index is 0.189. The second-order valence-electron chi connectivity index (χ2n) is 2.92. The number of aliphatic carboxylic acids is 1. The third-order valence-electron chi connectivity index (χ3n) is 1.74. The summed E-state index contributed by atoms with van der Waals surface area (Å²) in [6.45, 7) is 0. The van der Waals surface area contributed by atoms with Crippen molar-refractivity contribution in [2.24, 2.45) is 0 Å². The zero-order valence-electron chi connectivity index (χ0n) is 8.36. The second kappa shape index (κ2) is 8.29. The molecule has 0 aromatic heterocycles. The summed E-state index contributed by atoms with van der Waals surface area (Å²) in [4.78, 5) is 20.7. The maximum Gasteiger partial charge on any atom is 0.327 e. The first-order valence-corrected chi connectivity index (χ1v) is 4.63. The highest BCUT2D eigenvalue weighted by molar-refractivity contribution is 5.79. The summed E-state index contributed by atoms with van der Waals surface area (Å²) in [5.41, 5.74) is 0. The number of carboxylic acids is 1. The zero-order valence-corrected chi connectivity index (χ0v) is 8.36. The van der Waals surface area contributed by atoms with Gasteiger partial charge in [0.05, 0.1) is 7.11 Å². The molecule has 0 heterocycles. The first-order chi connectivity index (χ1) is 6.66. The number of ether oxygens (including phenoxy) is 1. The first-order valence-electron chi connectivity index (χ1n) is 4.63. The van der Waals surface area contributed by atoms with E-state index < -0.39 is 5.97 Å². The Morgan fingerprint density at radius 1 is 1.29 bits per heavy atom. The molecule has 0 fully saturated rings. The Kier molecular flexibility index (Phi) is 7.50. The standard InChI is InChI=1S/C10H16O4/c1-14-10(13)8-6-4-2-3-5-7-9(11)12/h5,7H,2-4,6,8H2,1H3,(H,11,12)/b7-5+. The number of hydrogen-bond donors (Lipinski definition) is 1. The summed E-state index contributed by atoms with van der Waals surface area (Å²) in [5, 5.41) is 8.27. The van der Waals surface area contributed by atoms with Gasteiger partial charge in [-0.15, -0.1) is 0 Å². The number of carboxylic acid groups (broad SMARTS) is 1. The quantitative estimate of drug-likeness (QED) is 0.386. The Labute approximate surface area is 83.6 Å². The Morgan fingerprint density at radius 3 is 2.57 bits per heavy atom. The van der Waals surface area contributed by atoms with Gasteiger partial charge in [-0.3, -0.25) is 4.79 Å². The average molecular weight is 200 g/mol.